The fourth-order valence-corrected chi connectivity index (χ4v) is 5.56. The molecule has 212 valence electrons. The molecule has 1 aliphatic heterocycles. The number of carbonyl (C=O) groups excluding carboxylic acids is 1. The predicted molar refractivity (Wildman–Crippen MR) is 161 cm³/mol. The Hall–Kier alpha value is -4.64. The van der Waals surface area contributed by atoms with Crippen LogP contribution in [0.3, 0.4) is 0 Å². The van der Waals surface area contributed by atoms with E-state index in [9.17, 15) is 4.79 Å². The summed E-state index contributed by atoms with van der Waals surface area (Å²) in [7, 11) is 0. The highest BCUT2D eigenvalue weighted by molar-refractivity contribution is 5.95. The summed E-state index contributed by atoms with van der Waals surface area (Å²) < 4.78 is 12.9. The van der Waals surface area contributed by atoms with Gasteiger partial charge in [0, 0.05) is 28.7 Å². The Balaban J connectivity index is 1.29. The van der Waals surface area contributed by atoms with E-state index in [0.717, 1.165) is 41.8 Å². The number of carbonyl (C=O) groups is 1. The van der Waals surface area contributed by atoms with E-state index in [1.54, 1.807) is 6.20 Å². The Morgan fingerprint density at radius 3 is 2.60 bits per heavy atom. The molecule has 1 atom stereocenters. The standard InChI is InChI=1S/C32H31N7O3/c33-28-24(6-2-15-35-28)29-38-26-12-11-25(20-4-1-5-22(18-20)36-31(40)27-19-41-16-17-42-27)37-30(26)39(29)23-9-7-21(8-10-23)32(34)13-3-14-32/h1-2,4-12,15,18,27H,3,13-14,16-17,19,34H2,(H2,33,35)(H,36,40). The first-order valence-electron chi connectivity index (χ1n) is 14.1. The van der Waals surface area contributed by atoms with E-state index in [2.05, 4.69) is 34.6 Å². The summed E-state index contributed by atoms with van der Waals surface area (Å²) in [5.41, 5.74) is 19.0. The van der Waals surface area contributed by atoms with Gasteiger partial charge in [-0.2, -0.15) is 0 Å². The van der Waals surface area contributed by atoms with Gasteiger partial charge in [-0.15, -0.1) is 0 Å². The third kappa shape index (κ3) is 4.79. The highest BCUT2D eigenvalue weighted by Gasteiger charge is 2.34. The first-order chi connectivity index (χ1) is 20.5. The van der Waals surface area contributed by atoms with Gasteiger partial charge in [-0.05, 0) is 73.4 Å². The molecule has 10 heteroatoms. The molecule has 3 aromatic heterocycles. The number of pyridine rings is 2. The smallest absolute Gasteiger partial charge is 0.255 e. The first kappa shape index (κ1) is 26.3. The lowest BCUT2D eigenvalue weighted by Gasteiger charge is -2.38. The van der Waals surface area contributed by atoms with Gasteiger partial charge in [0.15, 0.2) is 17.6 Å². The van der Waals surface area contributed by atoms with Crippen molar-refractivity contribution >= 4 is 28.6 Å². The molecular weight excluding hydrogens is 530 g/mol. The number of benzene rings is 2. The number of nitrogen functional groups attached to an aromatic ring is 1. The molecule has 2 fully saturated rings. The van der Waals surface area contributed by atoms with E-state index < -0.39 is 6.10 Å². The van der Waals surface area contributed by atoms with Gasteiger partial charge in [0.2, 0.25) is 0 Å². The lowest BCUT2D eigenvalue weighted by Crippen LogP contribution is -2.43. The number of anilines is 2. The van der Waals surface area contributed by atoms with Crippen molar-refractivity contribution in [3.8, 4) is 28.3 Å². The van der Waals surface area contributed by atoms with Crippen LogP contribution in [0.5, 0.6) is 0 Å². The molecule has 2 aliphatic rings. The number of ether oxygens (including phenoxy) is 2. The maximum Gasteiger partial charge on any atom is 0.255 e. The Labute approximate surface area is 242 Å². The summed E-state index contributed by atoms with van der Waals surface area (Å²) in [4.78, 5) is 27.0. The highest BCUT2D eigenvalue weighted by atomic mass is 16.6. The molecule has 1 saturated carbocycles. The molecule has 0 radical (unpaired) electrons. The number of nitrogens with two attached hydrogens (primary N) is 2. The maximum absolute atomic E-state index is 12.7. The Morgan fingerprint density at radius 2 is 1.86 bits per heavy atom. The van der Waals surface area contributed by atoms with Gasteiger partial charge in [-0.25, -0.2) is 15.0 Å². The topological polar surface area (TPSA) is 143 Å². The number of imidazole rings is 1. The van der Waals surface area contributed by atoms with Crippen molar-refractivity contribution < 1.29 is 14.3 Å². The van der Waals surface area contributed by atoms with E-state index in [-0.39, 0.29) is 18.1 Å². The monoisotopic (exact) mass is 561 g/mol. The summed E-state index contributed by atoms with van der Waals surface area (Å²) >= 11 is 0. The molecular formula is C32H31N7O3. The second-order valence-corrected chi connectivity index (χ2v) is 10.8. The van der Waals surface area contributed by atoms with Crippen LogP contribution in [0.4, 0.5) is 11.5 Å². The van der Waals surface area contributed by atoms with Crippen molar-refractivity contribution in [2.75, 3.05) is 30.9 Å². The molecule has 1 amide bonds. The second-order valence-electron chi connectivity index (χ2n) is 10.8. The third-order valence-corrected chi connectivity index (χ3v) is 8.06. The van der Waals surface area contributed by atoms with Crippen LogP contribution in [0.1, 0.15) is 24.8 Å². The largest absolute Gasteiger partial charge is 0.383 e. The number of nitrogens with one attached hydrogen (secondary N) is 1. The Morgan fingerprint density at radius 1 is 1.00 bits per heavy atom. The van der Waals surface area contributed by atoms with Gasteiger partial charge in [-0.1, -0.05) is 24.3 Å². The van der Waals surface area contributed by atoms with Gasteiger partial charge < -0.3 is 26.3 Å². The van der Waals surface area contributed by atoms with E-state index >= 15 is 0 Å². The molecule has 5 N–H and O–H groups in total. The zero-order valence-corrected chi connectivity index (χ0v) is 23.0. The lowest BCUT2D eigenvalue weighted by atomic mass is 9.73. The second kappa shape index (κ2) is 10.6. The van der Waals surface area contributed by atoms with Crippen LogP contribution < -0.4 is 16.8 Å². The third-order valence-electron chi connectivity index (χ3n) is 8.06. The minimum Gasteiger partial charge on any atom is -0.383 e. The molecule has 0 bridgehead atoms. The molecule has 5 aromatic rings. The number of amides is 1. The van der Waals surface area contributed by atoms with Crippen molar-refractivity contribution in [3.05, 3.63) is 84.6 Å². The fourth-order valence-electron chi connectivity index (χ4n) is 5.56. The average Bonchev–Trinajstić information content (AvgIpc) is 3.39. The van der Waals surface area contributed by atoms with Crippen LogP contribution in [0.2, 0.25) is 0 Å². The van der Waals surface area contributed by atoms with Crippen LogP contribution >= 0.6 is 0 Å². The van der Waals surface area contributed by atoms with Gasteiger partial charge in [0.1, 0.15) is 11.3 Å². The van der Waals surface area contributed by atoms with Crippen LogP contribution in [-0.4, -0.2) is 51.4 Å². The van der Waals surface area contributed by atoms with Crippen molar-refractivity contribution in [1.29, 1.82) is 0 Å². The zero-order chi connectivity index (χ0) is 28.7. The number of hydrogen-bond donors (Lipinski definition) is 3. The first-order valence-corrected chi connectivity index (χ1v) is 14.1. The van der Waals surface area contributed by atoms with E-state index in [4.69, 9.17) is 30.9 Å². The Bertz CT molecular complexity index is 1770. The molecule has 1 saturated heterocycles. The summed E-state index contributed by atoms with van der Waals surface area (Å²) in [6.45, 7) is 1.14. The minimum atomic E-state index is -0.630. The number of rotatable bonds is 6. The highest BCUT2D eigenvalue weighted by Crippen LogP contribution is 2.39. The fraction of sp³-hybridized carbons (Fsp3) is 0.250. The van der Waals surface area contributed by atoms with Gasteiger partial charge in [-0.3, -0.25) is 9.36 Å². The molecule has 7 rings (SSSR count). The van der Waals surface area contributed by atoms with E-state index in [1.165, 1.54) is 0 Å². The van der Waals surface area contributed by atoms with Crippen molar-refractivity contribution in [2.24, 2.45) is 5.73 Å². The van der Waals surface area contributed by atoms with Gasteiger partial charge in [0.25, 0.3) is 5.91 Å². The molecule has 1 unspecified atom stereocenters. The van der Waals surface area contributed by atoms with Crippen LogP contribution in [0.25, 0.3) is 39.5 Å². The molecule has 2 aromatic carbocycles. The number of aromatic nitrogens is 4. The van der Waals surface area contributed by atoms with Crippen LogP contribution in [0, 0.1) is 0 Å². The van der Waals surface area contributed by atoms with Crippen LogP contribution in [0.15, 0.2) is 79.0 Å². The summed E-state index contributed by atoms with van der Waals surface area (Å²) in [6, 6.07) is 23.5. The molecule has 4 heterocycles. The van der Waals surface area contributed by atoms with Crippen LogP contribution in [-0.2, 0) is 19.8 Å². The predicted octanol–water partition coefficient (Wildman–Crippen LogP) is 4.42. The molecule has 10 nitrogen and oxygen atoms in total. The van der Waals surface area contributed by atoms with Gasteiger partial charge in [0.05, 0.1) is 31.1 Å². The van der Waals surface area contributed by atoms with E-state index in [1.807, 2.05) is 53.1 Å². The molecule has 42 heavy (non-hydrogen) atoms. The molecule has 0 spiro atoms. The number of nitrogens with zero attached hydrogens (tertiary/aromatic N) is 4. The average molecular weight is 562 g/mol. The minimum absolute atomic E-state index is 0.239. The SMILES string of the molecule is Nc1ncccc1-c1nc2ccc(-c3cccc(NC(=O)C4COCCO4)c3)nc2n1-c1ccc(C2(N)CCC2)cc1. The Kier molecular flexibility index (Phi) is 6.66. The quantitative estimate of drug-likeness (QED) is 0.276. The van der Waals surface area contributed by atoms with Crippen molar-refractivity contribution in [3.63, 3.8) is 0 Å². The van der Waals surface area contributed by atoms with Crippen molar-refractivity contribution in [2.45, 2.75) is 30.9 Å². The lowest BCUT2D eigenvalue weighted by molar-refractivity contribution is -0.142. The van der Waals surface area contributed by atoms with Gasteiger partial charge >= 0.3 is 0 Å². The summed E-state index contributed by atoms with van der Waals surface area (Å²) in [5.74, 6) is 0.795. The number of fused-ring (bicyclic) bond motifs is 1. The summed E-state index contributed by atoms with van der Waals surface area (Å²) in [5, 5.41) is 2.93. The number of hydrogen-bond acceptors (Lipinski definition) is 8. The van der Waals surface area contributed by atoms with Crippen molar-refractivity contribution in [1.82, 2.24) is 19.5 Å². The van der Waals surface area contributed by atoms with E-state index in [0.29, 0.717) is 47.3 Å². The molecule has 1 aliphatic carbocycles. The zero-order valence-electron chi connectivity index (χ0n) is 23.0. The normalized spacial score (nSPS) is 18.0. The summed E-state index contributed by atoms with van der Waals surface area (Å²) in [6.07, 6.45) is 4.16. The maximum atomic E-state index is 12.7.